The fourth-order valence-corrected chi connectivity index (χ4v) is 19.1. The molecule has 39 nitrogen and oxygen atoms in total. The first-order valence-electron chi connectivity index (χ1n) is 44.0. The van der Waals surface area contributed by atoms with Gasteiger partial charge in [-0.3, -0.25) is 52.5 Å². The predicted octanol–water partition coefficient (Wildman–Crippen LogP) is 6.28. The summed E-state index contributed by atoms with van der Waals surface area (Å²) in [7, 11) is -0.887. The molecule has 1 aliphatic heterocycles. The van der Waals surface area contributed by atoms with Crippen LogP contribution in [0.25, 0.3) is 10.4 Å². The van der Waals surface area contributed by atoms with E-state index < -0.39 is 47.4 Å². The third-order valence-corrected chi connectivity index (χ3v) is 25.7. The lowest BCUT2D eigenvalue weighted by Gasteiger charge is -2.36. The lowest BCUT2D eigenvalue weighted by Crippen LogP contribution is -2.49. The molecule has 2 saturated carbocycles. The number of carbonyl (C=O) groups is 9. The van der Waals surface area contributed by atoms with Gasteiger partial charge in [0.05, 0.1) is 36.4 Å². The largest absolute Gasteiger partial charge is 0.501 e. The molecular formula is C85H163N21O18Si2. The van der Waals surface area contributed by atoms with Crippen LogP contribution in [-0.2, 0) is 87.5 Å². The van der Waals surface area contributed by atoms with E-state index in [4.69, 9.17) is 63.9 Å². The van der Waals surface area contributed by atoms with E-state index in [0.29, 0.717) is 122 Å². The molecule has 0 bridgehead atoms. The third-order valence-electron chi connectivity index (χ3n) is 19.4. The second-order valence-electron chi connectivity index (χ2n) is 31.3. The zero-order valence-electron chi connectivity index (χ0n) is 79.1. The summed E-state index contributed by atoms with van der Waals surface area (Å²) in [6.45, 7) is 44.2. The highest BCUT2D eigenvalue weighted by atomic mass is 28.4. The van der Waals surface area contributed by atoms with Crippen molar-refractivity contribution in [3.8, 4) is 12.3 Å². The fraction of sp³-hybridized carbons (Fsp3) is 0.753. The molecule has 0 aromatic carbocycles. The van der Waals surface area contributed by atoms with Crippen molar-refractivity contribution >= 4 is 71.3 Å². The number of nitrogens with two attached hydrogens (primary N) is 5. The highest BCUT2D eigenvalue weighted by molar-refractivity contribution is 6.61. The summed E-state index contributed by atoms with van der Waals surface area (Å²) >= 11 is 0. The lowest BCUT2D eigenvalue weighted by molar-refractivity contribution is -0.130. The zero-order valence-corrected chi connectivity index (χ0v) is 81.1. The Bertz CT molecular complexity index is 3360. The van der Waals surface area contributed by atoms with Crippen LogP contribution in [0.5, 0.6) is 0 Å². The quantitative estimate of drug-likeness (QED) is 0.00331. The van der Waals surface area contributed by atoms with Gasteiger partial charge in [0.1, 0.15) is 0 Å². The minimum atomic E-state index is -2.77. The number of azide groups is 1. The van der Waals surface area contributed by atoms with E-state index in [9.17, 15) is 43.5 Å². The smallest absolute Gasteiger partial charge is 0.400 e. The van der Waals surface area contributed by atoms with Crippen molar-refractivity contribution in [3.05, 3.63) is 72.2 Å². The van der Waals surface area contributed by atoms with E-state index >= 15 is 0 Å². The summed E-state index contributed by atoms with van der Waals surface area (Å²) in [6, 6.07) is 1.66. The Labute approximate surface area is 753 Å². The van der Waals surface area contributed by atoms with Crippen LogP contribution in [-0.4, -0.2) is 241 Å². The van der Waals surface area contributed by atoms with Crippen molar-refractivity contribution < 1.29 is 84.7 Å². The van der Waals surface area contributed by atoms with Crippen molar-refractivity contribution in [3.63, 3.8) is 0 Å². The number of ether oxygens (including phenoxy) is 1. The summed E-state index contributed by atoms with van der Waals surface area (Å²) in [6.07, 6.45) is 27.7. The van der Waals surface area contributed by atoms with E-state index in [1.54, 1.807) is 37.4 Å². The highest BCUT2D eigenvalue weighted by Gasteiger charge is 2.47. The molecule has 3 heterocycles. The van der Waals surface area contributed by atoms with Gasteiger partial charge in [0.2, 0.25) is 53.7 Å². The first-order valence-corrected chi connectivity index (χ1v) is 47.8. The third kappa shape index (κ3) is 62.7. The molecule has 11 unspecified atom stereocenters. The highest BCUT2D eigenvalue weighted by Crippen LogP contribution is 2.42. The Balaban J connectivity index is -0.000000790. The number of terminal acetylenes is 1. The van der Waals surface area contributed by atoms with Gasteiger partial charge in [0.25, 0.3) is 0 Å². The van der Waals surface area contributed by atoms with Crippen LogP contribution >= 0.6 is 0 Å². The molecule has 19 N–H and O–H groups in total. The first kappa shape index (κ1) is 124. The Kier molecular flexibility index (Phi) is 75.3. The van der Waals surface area contributed by atoms with E-state index in [1.165, 1.54) is 31.4 Å². The summed E-state index contributed by atoms with van der Waals surface area (Å²) < 4.78 is 45.3. The SMILES string of the molecule is C#CC.C=CC(=O)NCCCN=[N+]=[N-].C=CC(=O)NCN.C=CC(N)=O.CCC(CC(CC(C)C(N)=O)C(=O)NCCN)C(=O)NCCCn1cc(C)nn1.CCCC(CC(CC)C(=O)NCCCn1cc(C)nn1)C(=O)NCCNC1CCC(CC[Si](OC)(OC(C)C)OC(C)C)CC1O.CO.CO[Si](CCC1CCC2OC2C1)(OC(C)C)OC(C)C.NC=O. The minimum Gasteiger partial charge on any atom is -0.400 e. The number of nitrogens with one attached hydrogen (secondary N) is 7. The molecule has 2 aliphatic carbocycles. The van der Waals surface area contributed by atoms with Crippen LogP contribution in [0.3, 0.4) is 0 Å². The second kappa shape index (κ2) is 76.6. The first-order chi connectivity index (χ1) is 59.8. The summed E-state index contributed by atoms with van der Waals surface area (Å²) in [5, 5.41) is 57.3. The number of hydrogen-bond donors (Lipinski definition) is 14. The van der Waals surface area contributed by atoms with Crippen molar-refractivity contribution in [1.29, 1.82) is 0 Å². The molecule has 126 heavy (non-hydrogen) atoms. The molecule has 0 radical (unpaired) electrons. The van der Waals surface area contributed by atoms with Gasteiger partial charge in [-0.1, -0.05) is 69.4 Å². The summed E-state index contributed by atoms with van der Waals surface area (Å²) in [5.41, 5.74) is 34.0. The van der Waals surface area contributed by atoms with Crippen LogP contribution < -0.4 is 65.9 Å². The molecule has 3 fully saturated rings. The van der Waals surface area contributed by atoms with Crippen molar-refractivity contribution in [2.24, 2.45) is 75.2 Å². The number of aliphatic hydroxyl groups excluding tert-OH is 2. The topological polar surface area (TPSA) is 586 Å². The number of epoxide rings is 1. The van der Waals surface area contributed by atoms with E-state index in [-0.39, 0.29) is 96.7 Å². The summed E-state index contributed by atoms with van der Waals surface area (Å²) in [5.74, 6) is 0.0664. The number of fused-ring (bicyclic) bond motifs is 1. The van der Waals surface area contributed by atoms with Gasteiger partial charge in [-0.15, -0.1) is 22.5 Å². The molecule has 41 heteroatoms. The Morgan fingerprint density at radius 3 is 1.41 bits per heavy atom. The van der Waals surface area contributed by atoms with Crippen LogP contribution in [0.1, 0.15) is 217 Å². The number of aliphatic hydroxyl groups is 2. The van der Waals surface area contributed by atoms with Gasteiger partial charge in [-0.05, 0) is 221 Å². The molecule has 0 spiro atoms. The van der Waals surface area contributed by atoms with Gasteiger partial charge in [0.15, 0.2) is 0 Å². The molecule has 2 aromatic heterocycles. The van der Waals surface area contributed by atoms with E-state index in [1.807, 2.05) is 95.5 Å². The van der Waals surface area contributed by atoms with Crippen LogP contribution in [0.15, 0.2) is 55.5 Å². The standard InChI is InChI=1S/C33H64N6O6Si.C19H35N7O3.C15H30O4Si.C6H10N4O.C4H8N2O.C3H5NO.C3H4.CH3NO.CH4O/c1-9-12-29(22-28(10-2)32(41)35-16-11-19-39-23-26(7)37-38-39)33(42)36-18-17-34-30-14-13-27(21-31(30)40)15-20-46(43-8,44-24(3)4)45-25(5)6;1-4-15(18(28)22-7-5-9-26-12-14(3)24-25-26)11-16(10-13(2)17(21)27)19(29)23-8-6-20;1-11(2)18-20(16-5,19-12(3)4)9-8-13-6-7-14-15(10-13)17-14;1-2-6(11)8-4-3-5-9-10-7;1-2-4(7)6-3-5;1-2-3(4)5;1-3-2;2-1-3;1-2/h23-25,27-31,34,40H,9-22H2,1-8H3,(H,35,41)(H,36,42);12-13,15-16H,4-11,20H2,1-3H3,(H2,21,27)(H,22,28)(H,23,29);11-15H,6-10H2,1-5H3;2H,1,3-5H2,(H,8,11);2H,1,3,5H2,(H,6,7);2H,1H2,(H2,4,5);1H,2H3;1H,(H2,2,3);2H,1H3. The number of nitrogens with zero attached hydrogens (tertiary/aromatic N) is 9. The molecule has 11 atom stereocenters. The maximum Gasteiger partial charge on any atom is 0.501 e. The zero-order chi connectivity index (χ0) is 96.6. The Morgan fingerprint density at radius 1 is 0.635 bits per heavy atom. The molecule has 9 amide bonds. The maximum atomic E-state index is 13.1. The average Bonchev–Trinajstić information content (AvgIpc) is 1.66. The Hall–Kier alpha value is -8.45. The van der Waals surface area contributed by atoms with Crippen LogP contribution in [0.2, 0.25) is 12.1 Å². The number of amides is 9. The van der Waals surface area contributed by atoms with Crippen molar-refractivity contribution in [2.45, 2.75) is 293 Å². The van der Waals surface area contributed by atoms with Crippen molar-refractivity contribution in [1.82, 2.24) is 67.2 Å². The van der Waals surface area contributed by atoms with Gasteiger partial charge in [-0.2, -0.15) is 0 Å². The predicted molar refractivity (Wildman–Crippen MR) is 493 cm³/mol. The van der Waals surface area contributed by atoms with Crippen molar-refractivity contribution in [2.75, 3.05) is 80.4 Å². The monoisotopic (exact) mass is 1820 g/mol. The van der Waals surface area contributed by atoms with Crippen LogP contribution in [0.4, 0.5) is 0 Å². The fourth-order valence-electron chi connectivity index (χ4n) is 13.3. The molecule has 3 aliphatic rings. The number of primary amides is 3. The number of aromatic nitrogens is 6. The van der Waals surface area contributed by atoms with Crippen LogP contribution in [0, 0.1) is 67.6 Å². The number of hydrogen-bond acceptors (Lipinski definition) is 26. The maximum absolute atomic E-state index is 13.1. The van der Waals surface area contributed by atoms with Gasteiger partial charge < -0.3 is 107 Å². The number of aryl methyl sites for hydroxylation is 4. The molecule has 1 saturated heterocycles. The van der Waals surface area contributed by atoms with Gasteiger partial charge in [0, 0.05) is 176 Å². The number of carbonyl (C=O) groups excluding carboxylic acids is 9. The minimum absolute atomic E-state index is 0.00117. The van der Waals surface area contributed by atoms with E-state index in [2.05, 4.69) is 118 Å². The molecule has 2 aromatic rings. The normalized spacial score (nSPS) is 16.9. The number of rotatable bonds is 53. The second-order valence-corrected chi connectivity index (χ2v) is 36.8. The Morgan fingerprint density at radius 2 is 1.05 bits per heavy atom. The van der Waals surface area contributed by atoms with Gasteiger partial charge in [-0.25, -0.2) is 0 Å². The van der Waals surface area contributed by atoms with Gasteiger partial charge >= 0.3 is 17.6 Å². The molecule has 5 rings (SSSR count). The molecule has 724 valence electrons. The van der Waals surface area contributed by atoms with E-state index in [0.717, 1.165) is 100 Å². The lowest BCUT2D eigenvalue weighted by atomic mass is 9.82. The molecular weight excluding hydrogens is 1660 g/mol. The average molecular weight is 1820 g/mol. The summed E-state index contributed by atoms with van der Waals surface area (Å²) in [4.78, 5) is 104.